The molecule has 1 N–H and O–H groups in total. The molecule has 4 nitrogen and oxygen atoms in total. The summed E-state index contributed by atoms with van der Waals surface area (Å²) in [5.41, 5.74) is 2.70. The van der Waals surface area contributed by atoms with Gasteiger partial charge >= 0.3 is 0 Å². The monoisotopic (exact) mass is 374 g/mol. The molecule has 0 aromatic heterocycles. The summed E-state index contributed by atoms with van der Waals surface area (Å²) >= 11 is 0. The van der Waals surface area contributed by atoms with Crippen LogP contribution in [0.3, 0.4) is 0 Å². The van der Waals surface area contributed by atoms with E-state index in [4.69, 9.17) is 10.00 Å². The number of hydrogen-bond acceptors (Lipinski definition) is 3. The highest BCUT2D eigenvalue weighted by molar-refractivity contribution is 5.97. The van der Waals surface area contributed by atoms with Crippen LogP contribution in [0, 0.1) is 17.1 Å². The van der Waals surface area contributed by atoms with Gasteiger partial charge in [0.05, 0.1) is 23.2 Å². The van der Waals surface area contributed by atoms with E-state index in [-0.39, 0.29) is 24.4 Å². The van der Waals surface area contributed by atoms with E-state index >= 15 is 0 Å². The van der Waals surface area contributed by atoms with Gasteiger partial charge in [0.15, 0.2) is 0 Å². The molecule has 1 atom stereocenters. The molecule has 3 aromatic carbocycles. The number of carbonyl (C=O) groups excluding carboxylic acids is 1. The lowest BCUT2D eigenvalue weighted by atomic mass is 10.1. The van der Waals surface area contributed by atoms with Crippen LogP contribution < -0.4 is 10.1 Å². The molecule has 0 aliphatic heterocycles. The van der Waals surface area contributed by atoms with E-state index in [1.165, 1.54) is 12.1 Å². The summed E-state index contributed by atoms with van der Waals surface area (Å²) < 4.78 is 18.8. The second-order valence-corrected chi connectivity index (χ2v) is 6.34. The Hall–Kier alpha value is -3.65. The van der Waals surface area contributed by atoms with Gasteiger partial charge in [-0.15, -0.1) is 0 Å². The Morgan fingerprint density at radius 3 is 2.43 bits per heavy atom. The summed E-state index contributed by atoms with van der Waals surface area (Å²) in [6.45, 7) is 2.11. The molecule has 5 heteroatoms. The first kappa shape index (κ1) is 19.1. The van der Waals surface area contributed by atoms with Gasteiger partial charge in [-0.2, -0.15) is 5.26 Å². The fraction of sp³-hybridized carbons (Fsp3) is 0.130. The molecule has 0 radical (unpaired) electrons. The Bertz CT molecular complexity index is 992. The first-order chi connectivity index (χ1) is 13.6. The SMILES string of the molecule is CC(NC(=O)c1ccccc1OCc1ccc(F)cc1)c1ccc(C#N)cc1. The molecular formula is C23H19FN2O2. The second-order valence-electron chi connectivity index (χ2n) is 6.34. The molecule has 0 aliphatic rings. The van der Waals surface area contributed by atoms with Gasteiger partial charge in [0.2, 0.25) is 0 Å². The van der Waals surface area contributed by atoms with E-state index in [0.29, 0.717) is 16.9 Å². The highest BCUT2D eigenvalue weighted by Crippen LogP contribution is 2.21. The number of halogens is 1. The summed E-state index contributed by atoms with van der Waals surface area (Å²) in [5.74, 6) is -0.108. The van der Waals surface area contributed by atoms with Crippen molar-refractivity contribution in [3.8, 4) is 11.8 Å². The molecule has 1 unspecified atom stereocenters. The van der Waals surface area contributed by atoms with Gasteiger partial charge in [0.25, 0.3) is 5.91 Å². The maximum Gasteiger partial charge on any atom is 0.255 e. The maximum atomic E-state index is 13.0. The van der Waals surface area contributed by atoms with Crippen molar-refractivity contribution in [2.24, 2.45) is 0 Å². The van der Waals surface area contributed by atoms with E-state index in [0.717, 1.165) is 11.1 Å². The highest BCUT2D eigenvalue weighted by Gasteiger charge is 2.15. The van der Waals surface area contributed by atoms with E-state index < -0.39 is 0 Å². The lowest BCUT2D eigenvalue weighted by Gasteiger charge is -2.16. The van der Waals surface area contributed by atoms with Crippen LogP contribution in [0.4, 0.5) is 4.39 Å². The predicted octanol–water partition coefficient (Wildman–Crippen LogP) is 4.77. The van der Waals surface area contributed by atoms with Crippen LogP contribution in [-0.2, 0) is 6.61 Å². The van der Waals surface area contributed by atoms with Crippen molar-refractivity contribution in [2.45, 2.75) is 19.6 Å². The average Bonchev–Trinajstić information content (AvgIpc) is 2.73. The number of carbonyl (C=O) groups is 1. The van der Waals surface area contributed by atoms with Crippen molar-refractivity contribution < 1.29 is 13.9 Å². The Morgan fingerprint density at radius 1 is 1.07 bits per heavy atom. The van der Waals surface area contributed by atoms with Crippen LogP contribution in [0.25, 0.3) is 0 Å². The summed E-state index contributed by atoms with van der Waals surface area (Å²) in [7, 11) is 0. The number of rotatable bonds is 6. The van der Waals surface area contributed by atoms with Crippen LogP contribution in [0.5, 0.6) is 5.75 Å². The van der Waals surface area contributed by atoms with E-state index in [1.807, 2.05) is 19.1 Å². The third kappa shape index (κ3) is 4.74. The van der Waals surface area contributed by atoms with Gasteiger partial charge in [0.1, 0.15) is 18.2 Å². The molecule has 3 aromatic rings. The van der Waals surface area contributed by atoms with Gasteiger partial charge in [0, 0.05) is 0 Å². The lowest BCUT2D eigenvalue weighted by Crippen LogP contribution is -2.27. The van der Waals surface area contributed by atoms with E-state index in [2.05, 4.69) is 11.4 Å². The van der Waals surface area contributed by atoms with Crippen molar-refractivity contribution in [2.75, 3.05) is 0 Å². The Morgan fingerprint density at radius 2 is 1.75 bits per heavy atom. The minimum Gasteiger partial charge on any atom is -0.488 e. The topological polar surface area (TPSA) is 62.1 Å². The highest BCUT2D eigenvalue weighted by atomic mass is 19.1. The molecule has 3 rings (SSSR count). The first-order valence-electron chi connectivity index (χ1n) is 8.84. The Kier molecular flexibility index (Phi) is 6.03. The number of ether oxygens (including phenoxy) is 1. The predicted molar refractivity (Wildman–Crippen MR) is 104 cm³/mol. The van der Waals surface area contributed by atoms with Gasteiger partial charge in [-0.25, -0.2) is 4.39 Å². The minimum atomic E-state index is -0.305. The molecule has 0 bridgehead atoms. The fourth-order valence-corrected chi connectivity index (χ4v) is 2.73. The zero-order valence-corrected chi connectivity index (χ0v) is 15.4. The summed E-state index contributed by atoms with van der Waals surface area (Å²) in [4.78, 5) is 12.7. The summed E-state index contributed by atoms with van der Waals surface area (Å²) in [6.07, 6.45) is 0. The average molecular weight is 374 g/mol. The molecule has 1 amide bonds. The normalized spacial score (nSPS) is 11.3. The van der Waals surface area contributed by atoms with Crippen LogP contribution in [-0.4, -0.2) is 5.91 Å². The number of hydrogen-bond donors (Lipinski definition) is 1. The number of amides is 1. The lowest BCUT2D eigenvalue weighted by molar-refractivity contribution is 0.0935. The van der Waals surface area contributed by atoms with Gasteiger partial charge in [-0.05, 0) is 54.4 Å². The zero-order chi connectivity index (χ0) is 19.9. The van der Waals surface area contributed by atoms with Crippen LogP contribution in [0.2, 0.25) is 0 Å². The van der Waals surface area contributed by atoms with E-state index in [1.54, 1.807) is 48.5 Å². The maximum absolute atomic E-state index is 13.0. The number of para-hydroxylation sites is 1. The Labute approximate surface area is 163 Å². The molecule has 0 saturated heterocycles. The summed E-state index contributed by atoms with van der Waals surface area (Å²) in [6, 6.07) is 21.9. The molecule has 140 valence electrons. The van der Waals surface area contributed by atoms with Gasteiger partial charge in [-0.3, -0.25) is 4.79 Å². The van der Waals surface area contributed by atoms with Crippen molar-refractivity contribution in [1.29, 1.82) is 5.26 Å². The number of nitrogens with zero attached hydrogens (tertiary/aromatic N) is 1. The molecule has 0 saturated carbocycles. The van der Waals surface area contributed by atoms with Crippen molar-refractivity contribution in [1.82, 2.24) is 5.32 Å². The quantitative estimate of drug-likeness (QED) is 0.676. The molecular weight excluding hydrogens is 355 g/mol. The standard InChI is InChI=1S/C23H19FN2O2/c1-16(19-10-6-17(14-25)7-11-19)26-23(27)21-4-2-3-5-22(21)28-15-18-8-12-20(24)13-9-18/h2-13,16H,15H2,1H3,(H,26,27). The number of nitriles is 1. The number of nitrogens with one attached hydrogen (secondary N) is 1. The smallest absolute Gasteiger partial charge is 0.255 e. The van der Waals surface area contributed by atoms with Crippen molar-refractivity contribution in [3.63, 3.8) is 0 Å². The molecule has 0 spiro atoms. The fourth-order valence-electron chi connectivity index (χ4n) is 2.73. The Balaban J connectivity index is 1.69. The van der Waals surface area contributed by atoms with Gasteiger partial charge in [-0.1, -0.05) is 36.4 Å². The second kappa shape index (κ2) is 8.83. The van der Waals surface area contributed by atoms with Gasteiger partial charge < -0.3 is 10.1 Å². The van der Waals surface area contributed by atoms with Crippen LogP contribution >= 0.6 is 0 Å². The van der Waals surface area contributed by atoms with Crippen molar-refractivity contribution in [3.05, 3.63) is 101 Å². The van der Waals surface area contributed by atoms with Crippen LogP contribution in [0.15, 0.2) is 72.8 Å². The van der Waals surface area contributed by atoms with E-state index in [9.17, 15) is 9.18 Å². The molecule has 0 fully saturated rings. The largest absolute Gasteiger partial charge is 0.488 e. The minimum absolute atomic E-state index is 0.231. The first-order valence-corrected chi connectivity index (χ1v) is 8.84. The van der Waals surface area contributed by atoms with Crippen LogP contribution in [0.1, 0.15) is 40.0 Å². The van der Waals surface area contributed by atoms with Crippen molar-refractivity contribution >= 4 is 5.91 Å². The third-order valence-electron chi connectivity index (χ3n) is 4.33. The zero-order valence-electron chi connectivity index (χ0n) is 15.4. The molecule has 0 heterocycles. The molecule has 28 heavy (non-hydrogen) atoms. The number of benzene rings is 3. The molecule has 0 aliphatic carbocycles. The third-order valence-corrected chi connectivity index (χ3v) is 4.33. The summed E-state index contributed by atoms with van der Waals surface area (Å²) in [5, 5.41) is 11.8.